The Bertz CT molecular complexity index is 839. The molecule has 1 aliphatic carbocycles. The van der Waals surface area contributed by atoms with Crippen molar-refractivity contribution < 1.29 is 21.6 Å². The highest BCUT2D eigenvalue weighted by Crippen LogP contribution is 2.42. The van der Waals surface area contributed by atoms with Crippen molar-refractivity contribution in [3.63, 3.8) is 0 Å². The van der Waals surface area contributed by atoms with E-state index >= 15 is 0 Å². The van der Waals surface area contributed by atoms with E-state index in [1.54, 1.807) is 0 Å². The van der Waals surface area contributed by atoms with E-state index in [-0.39, 0.29) is 10.9 Å². The Hall–Kier alpha value is -1.65. The van der Waals surface area contributed by atoms with Crippen LogP contribution in [0.25, 0.3) is 0 Å². The summed E-state index contributed by atoms with van der Waals surface area (Å²) in [6.07, 6.45) is -1.81. The van der Waals surface area contributed by atoms with Gasteiger partial charge in [0.1, 0.15) is 5.71 Å². The van der Waals surface area contributed by atoms with Crippen LogP contribution in [0.4, 0.5) is 18.9 Å². The molecule has 3 N–H and O–H groups in total. The highest BCUT2D eigenvalue weighted by Gasteiger charge is 2.50. The first-order valence-corrected chi connectivity index (χ1v) is 10.5. The normalized spacial score (nSPS) is 23.3. The fraction of sp³-hybridized carbons (Fsp3) is 0.588. The van der Waals surface area contributed by atoms with Crippen LogP contribution in [-0.2, 0) is 16.6 Å². The molecule has 0 bridgehead atoms. The Labute approximate surface area is 156 Å². The molecule has 1 aliphatic heterocycles. The van der Waals surface area contributed by atoms with Gasteiger partial charge in [0.05, 0.1) is 16.6 Å². The van der Waals surface area contributed by atoms with Gasteiger partial charge >= 0.3 is 6.18 Å². The van der Waals surface area contributed by atoms with Crippen LogP contribution in [0.1, 0.15) is 38.2 Å². The summed E-state index contributed by atoms with van der Waals surface area (Å²) in [5.74, 6) is -0.649. The van der Waals surface area contributed by atoms with Crippen LogP contribution in [0.3, 0.4) is 0 Å². The number of nitrogens with zero attached hydrogens (tertiary/aromatic N) is 2. The molecule has 3 rings (SSSR count). The van der Waals surface area contributed by atoms with Crippen LogP contribution >= 0.6 is 0 Å². The van der Waals surface area contributed by atoms with Gasteiger partial charge in [0.25, 0.3) is 0 Å². The van der Waals surface area contributed by atoms with E-state index in [2.05, 4.69) is 10.4 Å². The van der Waals surface area contributed by atoms with Crippen molar-refractivity contribution in [3.05, 3.63) is 23.8 Å². The van der Waals surface area contributed by atoms with Crippen molar-refractivity contribution in [3.8, 4) is 0 Å². The Morgan fingerprint density at radius 1 is 1.30 bits per heavy atom. The number of rotatable bonds is 5. The minimum Gasteiger partial charge on any atom is -0.313 e. The maximum absolute atomic E-state index is 13.5. The summed E-state index contributed by atoms with van der Waals surface area (Å²) in [5, 5.41) is 13.7. The Morgan fingerprint density at radius 3 is 2.63 bits per heavy atom. The van der Waals surface area contributed by atoms with Crippen LogP contribution < -0.4 is 15.5 Å². The van der Waals surface area contributed by atoms with E-state index in [9.17, 15) is 21.6 Å². The predicted octanol–water partition coefficient (Wildman–Crippen LogP) is 2.74. The average Bonchev–Trinajstić information content (AvgIpc) is 2.99. The van der Waals surface area contributed by atoms with Gasteiger partial charge in [-0.15, -0.1) is 0 Å². The van der Waals surface area contributed by atoms with Crippen LogP contribution in [-0.4, -0.2) is 32.9 Å². The number of hydrazone groups is 1. The molecule has 1 heterocycles. The Morgan fingerprint density at radius 2 is 2.00 bits per heavy atom. The molecule has 2 aliphatic rings. The topological polar surface area (TPSA) is 87.8 Å². The second-order valence-corrected chi connectivity index (χ2v) is 8.46. The standard InChI is InChI=1S/C17H23F3N4O2S/c1-2-22-10-11-9-12(27(21,25)26)7-8-14(11)24-15-6-4-3-5-13(15)16(23-24)17(18,19)20/h7-9,13,15,22H,2-6,10H2,1H3,(H2,21,25,26). The molecule has 0 saturated heterocycles. The first kappa shape index (κ1) is 20.1. The van der Waals surface area contributed by atoms with E-state index in [4.69, 9.17) is 5.14 Å². The van der Waals surface area contributed by atoms with Gasteiger partial charge < -0.3 is 5.32 Å². The Balaban J connectivity index is 2.06. The van der Waals surface area contributed by atoms with E-state index in [1.165, 1.54) is 23.2 Å². The minimum absolute atomic E-state index is 0.0708. The van der Waals surface area contributed by atoms with Crippen molar-refractivity contribution in [1.82, 2.24) is 5.32 Å². The third-order valence-corrected chi connectivity index (χ3v) is 6.00. The highest BCUT2D eigenvalue weighted by atomic mass is 32.2. The fourth-order valence-corrected chi connectivity index (χ4v) is 4.41. The van der Waals surface area contributed by atoms with Crippen molar-refractivity contribution in [1.29, 1.82) is 0 Å². The SMILES string of the molecule is CCNCc1cc(S(N)(=O)=O)ccc1N1N=C(C(F)(F)F)C2CCCCC21. The molecule has 1 saturated carbocycles. The lowest BCUT2D eigenvalue weighted by Gasteiger charge is -2.32. The lowest BCUT2D eigenvalue weighted by atomic mass is 9.82. The highest BCUT2D eigenvalue weighted by molar-refractivity contribution is 7.89. The number of hydrogen-bond acceptors (Lipinski definition) is 5. The van der Waals surface area contributed by atoms with E-state index in [0.29, 0.717) is 37.2 Å². The van der Waals surface area contributed by atoms with Crippen LogP contribution in [0.2, 0.25) is 0 Å². The molecule has 1 aromatic carbocycles. The molecular weight excluding hydrogens is 381 g/mol. The number of benzene rings is 1. The molecule has 2 unspecified atom stereocenters. The molecule has 0 radical (unpaired) electrons. The summed E-state index contributed by atoms with van der Waals surface area (Å²) >= 11 is 0. The van der Waals surface area contributed by atoms with E-state index < -0.39 is 27.8 Å². The third-order valence-electron chi connectivity index (χ3n) is 5.09. The second kappa shape index (κ2) is 7.40. The molecule has 2 atom stereocenters. The maximum atomic E-state index is 13.5. The lowest BCUT2D eigenvalue weighted by Crippen LogP contribution is -2.39. The largest absolute Gasteiger partial charge is 0.431 e. The van der Waals surface area contributed by atoms with E-state index in [1.807, 2.05) is 6.92 Å². The van der Waals surface area contributed by atoms with Gasteiger partial charge in [-0.25, -0.2) is 13.6 Å². The van der Waals surface area contributed by atoms with Crippen LogP contribution in [0.15, 0.2) is 28.2 Å². The lowest BCUT2D eigenvalue weighted by molar-refractivity contribution is -0.0628. The molecule has 0 amide bonds. The molecule has 27 heavy (non-hydrogen) atoms. The molecule has 6 nitrogen and oxygen atoms in total. The molecule has 10 heteroatoms. The van der Waals surface area contributed by atoms with Gasteiger partial charge in [0.15, 0.2) is 0 Å². The van der Waals surface area contributed by atoms with Crippen LogP contribution in [0.5, 0.6) is 0 Å². The van der Waals surface area contributed by atoms with Gasteiger partial charge in [-0.1, -0.05) is 19.8 Å². The molecule has 150 valence electrons. The number of alkyl halides is 3. The van der Waals surface area contributed by atoms with E-state index in [0.717, 1.165) is 12.8 Å². The number of nitrogens with two attached hydrogens (primary N) is 1. The summed E-state index contributed by atoms with van der Waals surface area (Å²) in [6.45, 7) is 2.82. The molecule has 1 aromatic rings. The quantitative estimate of drug-likeness (QED) is 0.790. The van der Waals surface area contributed by atoms with Crippen molar-refractivity contribution in [2.24, 2.45) is 16.2 Å². The fourth-order valence-electron chi connectivity index (χ4n) is 3.85. The number of hydrogen-bond donors (Lipinski definition) is 2. The molecule has 0 spiro atoms. The monoisotopic (exact) mass is 404 g/mol. The van der Waals surface area contributed by atoms with Gasteiger partial charge in [0.2, 0.25) is 10.0 Å². The van der Waals surface area contributed by atoms with Crippen molar-refractivity contribution >= 4 is 21.4 Å². The van der Waals surface area contributed by atoms with Crippen LogP contribution in [0, 0.1) is 5.92 Å². The van der Waals surface area contributed by atoms with Gasteiger partial charge in [-0.2, -0.15) is 18.3 Å². The zero-order valence-electron chi connectivity index (χ0n) is 15.0. The molecule has 0 aromatic heterocycles. The maximum Gasteiger partial charge on any atom is 0.431 e. The number of nitrogens with one attached hydrogen (secondary N) is 1. The summed E-state index contributed by atoms with van der Waals surface area (Å²) in [7, 11) is -3.91. The molecular formula is C17H23F3N4O2S. The molecule has 1 fully saturated rings. The predicted molar refractivity (Wildman–Crippen MR) is 96.9 cm³/mol. The average molecular weight is 404 g/mol. The second-order valence-electron chi connectivity index (χ2n) is 6.90. The summed E-state index contributed by atoms with van der Waals surface area (Å²) < 4.78 is 63.8. The van der Waals surface area contributed by atoms with Gasteiger partial charge in [0, 0.05) is 12.5 Å². The third kappa shape index (κ3) is 4.12. The number of primary sulfonamides is 1. The van der Waals surface area contributed by atoms with Crippen molar-refractivity contribution in [2.75, 3.05) is 11.6 Å². The zero-order valence-corrected chi connectivity index (χ0v) is 15.8. The Kier molecular flexibility index (Phi) is 5.51. The summed E-state index contributed by atoms with van der Waals surface area (Å²) in [5.41, 5.74) is 0.302. The summed E-state index contributed by atoms with van der Waals surface area (Å²) in [4.78, 5) is -0.0708. The first-order valence-electron chi connectivity index (χ1n) is 8.94. The number of sulfonamides is 1. The number of anilines is 1. The smallest absolute Gasteiger partial charge is 0.313 e. The van der Waals surface area contributed by atoms with Crippen molar-refractivity contribution in [2.45, 2.75) is 56.3 Å². The minimum atomic E-state index is -4.47. The number of halogens is 3. The van der Waals surface area contributed by atoms with Gasteiger partial charge in [-0.05, 0) is 43.1 Å². The number of fused-ring (bicyclic) bond motifs is 1. The summed E-state index contributed by atoms with van der Waals surface area (Å²) in [6, 6.07) is 3.86. The zero-order chi connectivity index (χ0) is 19.8. The first-order chi connectivity index (χ1) is 12.6. The van der Waals surface area contributed by atoms with Gasteiger partial charge in [-0.3, -0.25) is 5.01 Å².